The topological polar surface area (TPSA) is 41.8 Å². The Balaban J connectivity index is 0.000000686. The highest BCUT2D eigenvalue weighted by atomic mass is 32.1. The Morgan fingerprint density at radius 2 is 2.18 bits per heavy atom. The minimum atomic E-state index is 0.461. The highest BCUT2D eigenvalue weighted by Crippen LogP contribution is 2.26. The Morgan fingerprint density at radius 3 is 2.76 bits per heavy atom. The van der Waals surface area contributed by atoms with Gasteiger partial charge in [0.25, 0.3) is 0 Å². The van der Waals surface area contributed by atoms with Gasteiger partial charge in [0.15, 0.2) is 10.2 Å². The van der Waals surface area contributed by atoms with Crippen LogP contribution in [0.15, 0.2) is 23.4 Å². The summed E-state index contributed by atoms with van der Waals surface area (Å²) in [6, 6.07) is 0. The SMILES string of the molecule is C=Cc1c(/C=C\C)oc2c(=S)nc[nH]c12.CC. The van der Waals surface area contributed by atoms with Gasteiger partial charge in [-0.25, -0.2) is 4.98 Å². The molecular formula is C13H16N2OS. The molecule has 3 nitrogen and oxygen atoms in total. The van der Waals surface area contributed by atoms with E-state index in [-0.39, 0.29) is 0 Å². The minimum Gasteiger partial charge on any atom is -0.451 e. The number of aromatic amines is 1. The first-order chi connectivity index (χ1) is 8.27. The third-order valence-corrected chi connectivity index (χ3v) is 2.37. The Hall–Kier alpha value is -1.68. The molecule has 0 amide bonds. The van der Waals surface area contributed by atoms with Crippen LogP contribution >= 0.6 is 12.2 Å². The molecule has 0 bridgehead atoms. The summed E-state index contributed by atoms with van der Waals surface area (Å²) in [6.07, 6.45) is 7.08. The molecule has 4 heteroatoms. The molecule has 0 atom stereocenters. The van der Waals surface area contributed by atoms with E-state index < -0.39 is 0 Å². The Bertz CT molecular complexity index is 593. The number of allylic oxidation sites excluding steroid dienone is 1. The molecule has 2 aromatic rings. The molecule has 0 aliphatic carbocycles. The number of fused-ring (bicyclic) bond motifs is 1. The van der Waals surface area contributed by atoms with Crippen LogP contribution in [-0.2, 0) is 0 Å². The average molecular weight is 248 g/mol. The van der Waals surface area contributed by atoms with Gasteiger partial charge in [0.1, 0.15) is 5.76 Å². The molecule has 0 saturated heterocycles. The fraction of sp³-hybridized carbons (Fsp3) is 0.231. The quantitative estimate of drug-likeness (QED) is 0.790. The number of hydrogen-bond donors (Lipinski definition) is 1. The van der Waals surface area contributed by atoms with Gasteiger partial charge >= 0.3 is 0 Å². The Labute approximate surface area is 106 Å². The maximum Gasteiger partial charge on any atom is 0.188 e. The summed E-state index contributed by atoms with van der Waals surface area (Å²) in [6.45, 7) is 9.68. The molecule has 0 aliphatic rings. The molecule has 0 unspecified atom stereocenters. The zero-order valence-corrected chi connectivity index (χ0v) is 11.1. The second kappa shape index (κ2) is 6.15. The smallest absolute Gasteiger partial charge is 0.188 e. The largest absolute Gasteiger partial charge is 0.451 e. The summed E-state index contributed by atoms with van der Waals surface area (Å²) >= 11 is 5.08. The van der Waals surface area contributed by atoms with Gasteiger partial charge in [0.05, 0.1) is 11.8 Å². The first kappa shape index (κ1) is 13.4. The summed E-state index contributed by atoms with van der Waals surface area (Å²) in [4.78, 5) is 6.98. The van der Waals surface area contributed by atoms with Crippen LogP contribution in [0.2, 0.25) is 0 Å². The van der Waals surface area contributed by atoms with E-state index in [1.165, 1.54) is 0 Å². The van der Waals surface area contributed by atoms with Crippen molar-refractivity contribution in [3.05, 3.63) is 34.9 Å². The molecule has 0 fully saturated rings. The van der Waals surface area contributed by atoms with Crippen molar-refractivity contribution in [1.82, 2.24) is 9.97 Å². The molecule has 2 heterocycles. The van der Waals surface area contributed by atoms with Crippen LogP contribution in [0, 0.1) is 4.64 Å². The predicted octanol–water partition coefficient (Wildman–Crippen LogP) is 4.59. The molecule has 0 saturated carbocycles. The summed E-state index contributed by atoms with van der Waals surface area (Å²) in [5.41, 5.74) is 2.37. The van der Waals surface area contributed by atoms with E-state index >= 15 is 0 Å². The molecular weight excluding hydrogens is 232 g/mol. The highest BCUT2D eigenvalue weighted by molar-refractivity contribution is 7.71. The van der Waals surface area contributed by atoms with Crippen LogP contribution < -0.4 is 0 Å². The van der Waals surface area contributed by atoms with Gasteiger partial charge in [0.2, 0.25) is 0 Å². The third-order valence-electron chi connectivity index (χ3n) is 2.08. The molecule has 0 aliphatic heterocycles. The van der Waals surface area contributed by atoms with Crippen molar-refractivity contribution < 1.29 is 4.42 Å². The van der Waals surface area contributed by atoms with E-state index in [0.29, 0.717) is 10.2 Å². The average Bonchev–Trinajstić information content (AvgIpc) is 2.71. The summed E-state index contributed by atoms with van der Waals surface area (Å²) in [7, 11) is 0. The zero-order valence-electron chi connectivity index (χ0n) is 10.3. The van der Waals surface area contributed by atoms with Crippen LogP contribution in [0.5, 0.6) is 0 Å². The number of aromatic nitrogens is 2. The summed E-state index contributed by atoms with van der Waals surface area (Å²) in [5, 5.41) is 0. The Kier molecular flexibility index (Phi) is 4.84. The van der Waals surface area contributed by atoms with Crippen molar-refractivity contribution in [1.29, 1.82) is 0 Å². The van der Waals surface area contributed by atoms with Crippen LogP contribution in [0.3, 0.4) is 0 Å². The number of nitrogens with zero attached hydrogens (tertiary/aromatic N) is 1. The number of furan rings is 1. The van der Waals surface area contributed by atoms with Crippen molar-refractivity contribution >= 4 is 35.5 Å². The van der Waals surface area contributed by atoms with E-state index in [1.807, 2.05) is 32.9 Å². The molecule has 17 heavy (non-hydrogen) atoms. The zero-order chi connectivity index (χ0) is 12.8. The Morgan fingerprint density at radius 1 is 1.47 bits per heavy atom. The second-order valence-corrected chi connectivity index (χ2v) is 3.38. The van der Waals surface area contributed by atoms with Crippen molar-refractivity contribution in [2.45, 2.75) is 20.8 Å². The molecule has 0 aromatic carbocycles. The maximum atomic E-state index is 5.61. The van der Waals surface area contributed by atoms with Gasteiger partial charge < -0.3 is 9.40 Å². The van der Waals surface area contributed by atoms with Gasteiger partial charge in [-0.05, 0) is 13.0 Å². The van der Waals surface area contributed by atoms with Gasteiger partial charge in [-0.15, -0.1) is 0 Å². The monoisotopic (exact) mass is 248 g/mol. The van der Waals surface area contributed by atoms with Crippen LogP contribution in [0.25, 0.3) is 23.3 Å². The standard InChI is InChI=1S/C11H10N2OS.C2H6/c1-3-5-8-7(4-2)9-10(14-8)11(15)13-6-12-9;1-2/h3-6H,2H2,1H3,(H,12,13,15);1-2H3/b5-3-;. The highest BCUT2D eigenvalue weighted by Gasteiger charge is 2.10. The minimum absolute atomic E-state index is 0.461. The number of nitrogens with one attached hydrogen (secondary N) is 1. The molecule has 2 rings (SSSR count). The van der Waals surface area contributed by atoms with Crippen LogP contribution in [0.4, 0.5) is 0 Å². The normalized spacial score (nSPS) is 10.3. The number of H-pyrrole nitrogens is 1. The second-order valence-electron chi connectivity index (χ2n) is 3.00. The lowest BCUT2D eigenvalue weighted by molar-refractivity contribution is 0.600. The molecule has 1 N–H and O–H groups in total. The fourth-order valence-electron chi connectivity index (χ4n) is 1.45. The van der Waals surface area contributed by atoms with Gasteiger partial charge in [0, 0.05) is 5.56 Å². The first-order valence-corrected chi connectivity index (χ1v) is 5.94. The fourth-order valence-corrected chi connectivity index (χ4v) is 1.64. The van der Waals surface area contributed by atoms with E-state index in [1.54, 1.807) is 12.4 Å². The number of rotatable bonds is 2. The lowest BCUT2D eigenvalue weighted by Crippen LogP contribution is -1.80. The van der Waals surface area contributed by atoms with Gasteiger partial charge in [-0.2, -0.15) is 0 Å². The summed E-state index contributed by atoms with van der Waals surface area (Å²) in [5.74, 6) is 0.748. The predicted molar refractivity (Wildman–Crippen MR) is 75.3 cm³/mol. The lowest BCUT2D eigenvalue weighted by atomic mass is 10.2. The van der Waals surface area contributed by atoms with Gasteiger partial charge in [-0.3, -0.25) is 0 Å². The molecule has 2 aromatic heterocycles. The molecule has 0 radical (unpaired) electrons. The van der Waals surface area contributed by atoms with E-state index in [9.17, 15) is 0 Å². The first-order valence-electron chi connectivity index (χ1n) is 5.53. The van der Waals surface area contributed by atoms with Crippen LogP contribution in [0.1, 0.15) is 32.1 Å². The van der Waals surface area contributed by atoms with Gasteiger partial charge in [-0.1, -0.05) is 44.8 Å². The lowest BCUT2D eigenvalue weighted by Gasteiger charge is -1.89. The van der Waals surface area contributed by atoms with E-state index in [4.69, 9.17) is 16.6 Å². The van der Waals surface area contributed by atoms with E-state index in [0.717, 1.165) is 16.8 Å². The van der Waals surface area contributed by atoms with Crippen molar-refractivity contribution in [2.75, 3.05) is 0 Å². The molecule has 0 spiro atoms. The van der Waals surface area contributed by atoms with Crippen LogP contribution in [-0.4, -0.2) is 9.97 Å². The molecule has 90 valence electrons. The van der Waals surface area contributed by atoms with Crippen molar-refractivity contribution in [3.63, 3.8) is 0 Å². The summed E-state index contributed by atoms with van der Waals surface area (Å²) < 4.78 is 6.07. The van der Waals surface area contributed by atoms with E-state index in [2.05, 4.69) is 16.5 Å². The van der Waals surface area contributed by atoms with Crippen molar-refractivity contribution in [2.24, 2.45) is 0 Å². The number of hydrogen-bond acceptors (Lipinski definition) is 3. The maximum absolute atomic E-state index is 5.61. The third kappa shape index (κ3) is 2.53. The van der Waals surface area contributed by atoms with Crippen molar-refractivity contribution in [3.8, 4) is 0 Å².